The molecule has 2 aliphatic rings. The van der Waals surface area contributed by atoms with E-state index in [1.54, 1.807) is 13.1 Å². The van der Waals surface area contributed by atoms with Crippen LogP contribution in [0, 0.1) is 6.92 Å². The minimum absolute atomic E-state index is 0.0793. The van der Waals surface area contributed by atoms with Crippen molar-refractivity contribution in [2.24, 2.45) is 0 Å². The molecule has 0 aromatic heterocycles. The molecule has 2 aliphatic heterocycles. The summed E-state index contributed by atoms with van der Waals surface area (Å²) in [6.07, 6.45) is 0. The van der Waals surface area contributed by atoms with Gasteiger partial charge in [0.25, 0.3) is 5.91 Å². The third-order valence-electron chi connectivity index (χ3n) is 4.79. The average molecular weight is 388 g/mol. The number of nitrogens with zero attached hydrogens (tertiary/aromatic N) is 2. The van der Waals surface area contributed by atoms with Crippen molar-refractivity contribution < 1.29 is 22.7 Å². The molecule has 2 aromatic rings. The number of hydrogen-bond acceptors (Lipinski definition) is 5. The summed E-state index contributed by atoms with van der Waals surface area (Å²) < 4.78 is 38.4. The normalized spacial score (nSPS) is 17.7. The molecule has 1 saturated heterocycles. The number of rotatable bonds is 2. The molecule has 2 aromatic carbocycles. The number of aryl methyl sites for hydroxylation is 1. The molecule has 0 saturated carbocycles. The summed E-state index contributed by atoms with van der Waals surface area (Å²) in [5.74, 6) is 0.586. The highest BCUT2D eigenvalue weighted by molar-refractivity contribution is 7.89. The highest BCUT2D eigenvalue weighted by atomic mass is 32.2. The number of benzene rings is 2. The van der Waals surface area contributed by atoms with E-state index in [-0.39, 0.29) is 16.4 Å². The Morgan fingerprint density at radius 3 is 2.44 bits per heavy atom. The molecule has 0 N–H and O–H groups in total. The van der Waals surface area contributed by atoms with Gasteiger partial charge in [0.1, 0.15) is 5.75 Å². The van der Waals surface area contributed by atoms with Crippen LogP contribution in [0.15, 0.2) is 41.3 Å². The van der Waals surface area contributed by atoms with Crippen LogP contribution in [0.2, 0.25) is 0 Å². The summed E-state index contributed by atoms with van der Waals surface area (Å²) >= 11 is 0. The van der Waals surface area contributed by atoms with E-state index < -0.39 is 10.0 Å². The Morgan fingerprint density at radius 1 is 1.00 bits per heavy atom. The highest BCUT2D eigenvalue weighted by Crippen LogP contribution is 2.39. The molecular weight excluding hydrogens is 368 g/mol. The summed E-state index contributed by atoms with van der Waals surface area (Å²) in [4.78, 5) is 14.5. The lowest BCUT2D eigenvalue weighted by Gasteiger charge is -2.26. The third-order valence-corrected chi connectivity index (χ3v) is 6.68. The van der Waals surface area contributed by atoms with E-state index in [1.807, 2.05) is 25.1 Å². The van der Waals surface area contributed by atoms with Gasteiger partial charge < -0.3 is 14.4 Å². The second kappa shape index (κ2) is 6.63. The van der Waals surface area contributed by atoms with Crippen LogP contribution in [0.3, 0.4) is 0 Å². The minimum atomic E-state index is -3.70. The number of carbonyl (C=O) groups is 1. The van der Waals surface area contributed by atoms with E-state index >= 15 is 0 Å². The van der Waals surface area contributed by atoms with Gasteiger partial charge in [-0.1, -0.05) is 6.07 Å². The van der Waals surface area contributed by atoms with E-state index in [2.05, 4.69) is 0 Å². The van der Waals surface area contributed by atoms with Gasteiger partial charge >= 0.3 is 0 Å². The van der Waals surface area contributed by atoms with Crippen LogP contribution in [-0.4, -0.2) is 52.0 Å². The first-order valence-electron chi connectivity index (χ1n) is 8.66. The molecule has 27 heavy (non-hydrogen) atoms. The number of amides is 1. The third kappa shape index (κ3) is 3.09. The lowest BCUT2D eigenvalue weighted by Crippen LogP contribution is -2.40. The van der Waals surface area contributed by atoms with Gasteiger partial charge in [-0.15, -0.1) is 0 Å². The Bertz CT molecular complexity index is 1010. The van der Waals surface area contributed by atoms with Gasteiger partial charge in [0.15, 0.2) is 5.75 Å². The summed E-state index contributed by atoms with van der Waals surface area (Å²) in [7, 11) is -2.04. The molecule has 7 nitrogen and oxygen atoms in total. The second-order valence-electron chi connectivity index (χ2n) is 6.61. The van der Waals surface area contributed by atoms with E-state index in [0.29, 0.717) is 43.5 Å². The number of sulfonamides is 1. The van der Waals surface area contributed by atoms with E-state index in [9.17, 15) is 13.2 Å². The topological polar surface area (TPSA) is 76.2 Å². The van der Waals surface area contributed by atoms with Crippen molar-refractivity contribution in [3.05, 3.63) is 47.5 Å². The molecule has 142 valence electrons. The maximum Gasteiger partial charge on any atom is 0.261 e. The standard InChI is InChI=1S/C19H20N2O5S/c1-13-3-5-18-16(11-13)20(2)19(22)15-12-14(4-6-17(15)26-18)27(23,24)21-7-9-25-10-8-21/h3-6,11-12H,7-10H2,1-2H3. The van der Waals surface area contributed by atoms with E-state index in [4.69, 9.17) is 9.47 Å². The van der Waals surface area contributed by atoms with Gasteiger partial charge in [-0.3, -0.25) is 4.79 Å². The van der Waals surface area contributed by atoms with Crippen molar-refractivity contribution in [3.8, 4) is 11.5 Å². The fraction of sp³-hybridized carbons (Fsp3) is 0.316. The Morgan fingerprint density at radius 2 is 1.70 bits per heavy atom. The van der Waals surface area contributed by atoms with Crippen LogP contribution >= 0.6 is 0 Å². The van der Waals surface area contributed by atoms with Crippen LogP contribution in [0.4, 0.5) is 5.69 Å². The van der Waals surface area contributed by atoms with Crippen molar-refractivity contribution in [2.75, 3.05) is 38.3 Å². The van der Waals surface area contributed by atoms with Crippen molar-refractivity contribution in [3.63, 3.8) is 0 Å². The molecule has 8 heteroatoms. The number of fused-ring (bicyclic) bond motifs is 2. The van der Waals surface area contributed by atoms with Gasteiger partial charge in [0.2, 0.25) is 10.0 Å². The van der Waals surface area contributed by atoms with Crippen molar-refractivity contribution in [2.45, 2.75) is 11.8 Å². The second-order valence-corrected chi connectivity index (χ2v) is 8.55. The molecule has 1 fully saturated rings. The van der Waals surface area contributed by atoms with Crippen molar-refractivity contribution >= 4 is 21.6 Å². The van der Waals surface area contributed by atoms with Gasteiger partial charge in [0, 0.05) is 20.1 Å². The van der Waals surface area contributed by atoms with Crippen LogP contribution in [0.1, 0.15) is 15.9 Å². The largest absolute Gasteiger partial charge is 0.454 e. The maximum absolute atomic E-state index is 13.0. The molecule has 0 spiro atoms. The van der Waals surface area contributed by atoms with Crippen LogP contribution < -0.4 is 9.64 Å². The predicted octanol–water partition coefficient (Wildman–Crippen LogP) is 2.40. The molecule has 0 radical (unpaired) electrons. The molecule has 0 unspecified atom stereocenters. The maximum atomic E-state index is 13.0. The first-order valence-corrected chi connectivity index (χ1v) is 10.1. The van der Waals surface area contributed by atoms with Crippen molar-refractivity contribution in [1.82, 2.24) is 4.31 Å². The fourth-order valence-electron chi connectivity index (χ4n) is 3.25. The zero-order valence-electron chi connectivity index (χ0n) is 15.1. The molecule has 0 aliphatic carbocycles. The zero-order chi connectivity index (χ0) is 19.2. The Hall–Kier alpha value is -2.42. The van der Waals surface area contributed by atoms with Gasteiger partial charge in [0.05, 0.1) is 29.4 Å². The minimum Gasteiger partial charge on any atom is -0.454 e. The summed E-state index contributed by atoms with van der Waals surface area (Å²) in [5.41, 5.74) is 1.87. The summed E-state index contributed by atoms with van der Waals surface area (Å²) in [6, 6.07) is 10.0. The molecule has 1 amide bonds. The summed E-state index contributed by atoms with van der Waals surface area (Å²) in [5, 5.41) is 0. The van der Waals surface area contributed by atoms with Crippen molar-refractivity contribution in [1.29, 1.82) is 0 Å². The van der Waals surface area contributed by atoms with E-state index in [0.717, 1.165) is 5.56 Å². The number of ether oxygens (including phenoxy) is 2. The van der Waals surface area contributed by atoms with Crippen LogP contribution in [-0.2, 0) is 14.8 Å². The number of hydrogen-bond donors (Lipinski definition) is 0. The smallest absolute Gasteiger partial charge is 0.261 e. The molecule has 0 atom stereocenters. The van der Waals surface area contributed by atoms with E-state index in [1.165, 1.54) is 21.3 Å². The van der Waals surface area contributed by atoms with Gasteiger partial charge in [-0.25, -0.2) is 8.42 Å². The molecule has 0 bridgehead atoms. The lowest BCUT2D eigenvalue weighted by molar-refractivity contribution is 0.0730. The Labute approximate surface area is 158 Å². The Balaban J connectivity index is 1.77. The first-order chi connectivity index (χ1) is 12.9. The predicted molar refractivity (Wildman–Crippen MR) is 100 cm³/mol. The number of anilines is 1. The van der Waals surface area contributed by atoms with Crippen LogP contribution in [0.5, 0.6) is 11.5 Å². The number of morpholine rings is 1. The number of carbonyl (C=O) groups excluding carboxylic acids is 1. The molecular formula is C19H20N2O5S. The molecule has 4 rings (SSSR count). The lowest BCUT2D eigenvalue weighted by atomic mass is 10.1. The van der Waals surface area contributed by atoms with Gasteiger partial charge in [-0.05, 0) is 42.8 Å². The van der Waals surface area contributed by atoms with Gasteiger partial charge in [-0.2, -0.15) is 4.31 Å². The monoisotopic (exact) mass is 388 g/mol. The molecule has 2 heterocycles. The quantitative estimate of drug-likeness (QED) is 0.790. The fourth-order valence-corrected chi connectivity index (χ4v) is 4.68. The first kappa shape index (κ1) is 18.0. The average Bonchev–Trinajstić information content (AvgIpc) is 2.78. The highest BCUT2D eigenvalue weighted by Gasteiger charge is 2.31. The summed E-state index contributed by atoms with van der Waals surface area (Å²) in [6.45, 7) is 3.26. The Kier molecular flexibility index (Phi) is 4.41. The SMILES string of the molecule is Cc1ccc2c(c1)N(C)C(=O)c1cc(S(=O)(=O)N3CCOCC3)ccc1O2. The van der Waals surface area contributed by atoms with Crippen LogP contribution in [0.25, 0.3) is 0 Å². The zero-order valence-corrected chi connectivity index (χ0v) is 16.0.